The molecule has 0 aliphatic carbocycles. The maximum absolute atomic E-state index is 13.0. The van der Waals surface area contributed by atoms with Gasteiger partial charge in [-0.05, 0) is 31.2 Å². The third-order valence-electron chi connectivity index (χ3n) is 3.96. The molecule has 23 heavy (non-hydrogen) atoms. The summed E-state index contributed by atoms with van der Waals surface area (Å²) in [7, 11) is 1.63. The van der Waals surface area contributed by atoms with Crippen molar-refractivity contribution in [2.24, 2.45) is 0 Å². The van der Waals surface area contributed by atoms with Crippen LogP contribution in [0.3, 0.4) is 0 Å². The minimum absolute atomic E-state index is 0.0869. The fourth-order valence-corrected chi connectivity index (χ4v) is 3.71. The fourth-order valence-electron chi connectivity index (χ4n) is 2.65. The number of rotatable bonds is 3. The smallest absolute Gasteiger partial charge is 0.263 e. The maximum atomic E-state index is 13.0. The van der Waals surface area contributed by atoms with Crippen LogP contribution in [0.2, 0.25) is 0 Å². The number of thiazole rings is 1. The zero-order chi connectivity index (χ0) is 16.4. The van der Waals surface area contributed by atoms with Crippen molar-refractivity contribution in [2.75, 3.05) is 43.0 Å². The molecule has 0 radical (unpaired) electrons. The first-order chi connectivity index (χ1) is 11.1. The SMILES string of the molecule is CNC(=O)c1sc(N2CCN(c3ccc(F)cc3)CC2)nc1C. The van der Waals surface area contributed by atoms with E-state index in [2.05, 4.69) is 20.1 Å². The first kappa shape index (κ1) is 15.7. The van der Waals surface area contributed by atoms with Crippen molar-refractivity contribution < 1.29 is 9.18 Å². The van der Waals surface area contributed by atoms with Crippen molar-refractivity contribution >= 4 is 28.1 Å². The predicted molar refractivity (Wildman–Crippen MR) is 91.1 cm³/mol. The van der Waals surface area contributed by atoms with Crippen molar-refractivity contribution in [2.45, 2.75) is 6.92 Å². The van der Waals surface area contributed by atoms with Gasteiger partial charge in [-0.15, -0.1) is 0 Å². The Morgan fingerprint density at radius 1 is 1.17 bits per heavy atom. The Morgan fingerprint density at radius 2 is 1.78 bits per heavy atom. The Morgan fingerprint density at radius 3 is 2.39 bits per heavy atom. The molecule has 0 bridgehead atoms. The molecule has 2 aromatic rings. The highest BCUT2D eigenvalue weighted by molar-refractivity contribution is 7.17. The van der Waals surface area contributed by atoms with Crippen LogP contribution in [0, 0.1) is 12.7 Å². The van der Waals surface area contributed by atoms with Gasteiger partial charge in [-0.2, -0.15) is 0 Å². The molecule has 0 spiro atoms. The second-order valence-corrected chi connectivity index (χ2v) is 6.42. The number of aromatic nitrogens is 1. The van der Waals surface area contributed by atoms with Gasteiger partial charge in [0.05, 0.1) is 5.69 Å². The summed E-state index contributed by atoms with van der Waals surface area (Å²) in [4.78, 5) is 21.4. The predicted octanol–water partition coefficient (Wildman–Crippen LogP) is 2.28. The van der Waals surface area contributed by atoms with Crippen LogP contribution in [-0.2, 0) is 0 Å². The number of carbonyl (C=O) groups excluding carboxylic acids is 1. The van der Waals surface area contributed by atoms with Gasteiger partial charge in [-0.3, -0.25) is 4.79 Å². The van der Waals surface area contributed by atoms with E-state index in [4.69, 9.17) is 0 Å². The maximum Gasteiger partial charge on any atom is 0.263 e. The van der Waals surface area contributed by atoms with Crippen molar-refractivity contribution in [3.05, 3.63) is 40.7 Å². The number of piperazine rings is 1. The lowest BCUT2D eigenvalue weighted by Gasteiger charge is -2.36. The second-order valence-electron chi connectivity index (χ2n) is 5.44. The second kappa shape index (κ2) is 6.54. The Balaban J connectivity index is 1.67. The zero-order valence-corrected chi connectivity index (χ0v) is 14.0. The molecule has 1 aliphatic rings. The molecular formula is C16H19FN4OS. The fraction of sp³-hybridized carbons (Fsp3) is 0.375. The molecule has 0 unspecified atom stereocenters. The number of carbonyl (C=O) groups is 1. The largest absolute Gasteiger partial charge is 0.368 e. The van der Waals surface area contributed by atoms with E-state index in [-0.39, 0.29) is 11.7 Å². The van der Waals surface area contributed by atoms with Gasteiger partial charge in [0.15, 0.2) is 5.13 Å². The molecular weight excluding hydrogens is 315 g/mol. The lowest BCUT2D eigenvalue weighted by atomic mass is 10.2. The summed E-state index contributed by atoms with van der Waals surface area (Å²) in [6.07, 6.45) is 0. The van der Waals surface area contributed by atoms with Gasteiger partial charge in [0.1, 0.15) is 10.7 Å². The quantitative estimate of drug-likeness (QED) is 0.935. The highest BCUT2D eigenvalue weighted by Crippen LogP contribution is 2.27. The van der Waals surface area contributed by atoms with Crippen molar-refractivity contribution in [1.29, 1.82) is 0 Å². The van der Waals surface area contributed by atoms with Gasteiger partial charge in [-0.25, -0.2) is 9.37 Å². The zero-order valence-electron chi connectivity index (χ0n) is 13.2. The Labute approximate surface area is 138 Å². The van der Waals surface area contributed by atoms with Crippen LogP contribution in [0.5, 0.6) is 0 Å². The molecule has 3 rings (SSSR count). The molecule has 0 saturated carbocycles. The highest BCUT2D eigenvalue weighted by Gasteiger charge is 2.22. The molecule has 7 heteroatoms. The first-order valence-electron chi connectivity index (χ1n) is 7.53. The summed E-state index contributed by atoms with van der Waals surface area (Å²) in [5.74, 6) is -0.302. The third-order valence-corrected chi connectivity index (χ3v) is 5.18. The molecule has 1 amide bonds. The van der Waals surface area contributed by atoms with Gasteiger partial charge in [0, 0.05) is 38.9 Å². The van der Waals surface area contributed by atoms with E-state index in [0.717, 1.165) is 42.7 Å². The van der Waals surface area contributed by atoms with E-state index in [1.165, 1.54) is 23.5 Å². The van der Waals surface area contributed by atoms with Crippen LogP contribution in [0.25, 0.3) is 0 Å². The average molecular weight is 334 g/mol. The molecule has 122 valence electrons. The summed E-state index contributed by atoms with van der Waals surface area (Å²) < 4.78 is 13.0. The topological polar surface area (TPSA) is 48.5 Å². The van der Waals surface area contributed by atoms with Crippen molar-refractivity contribution in [1.82, 2.24) is 10.3 Å². The summed E-state index contributed by atoms with van der Waals surface area (Å²) in [6.45, 7) is 5.22. The Hall–Kier alpha value is -2.15. The van der Waals surface area contributed by atoms with E-state index >= 15 is 0 Å². The lowest BCUT2D eigenvalue weighted by molar-refractivity contribution is 0.0966. The summed E-state index contributed by atoms with van der Waals surface area (Å²) >= 11 is 1.43. The monoisotopic (exact) mass is 334 g/mol. The molecule has 1 N–H and O–H groups in total. The Bertz CT molecular complexity index is 693. The standard InChI is InChI=1S/C16H19FN4OS/c1-11-14(15(22)18-2)23-16(19-11)21-9-7-20(8-10-21)13-5-3-12(17)4-6-13/h3-6H,7-10H2,1-2H3,(H,18,22). The minimum Gasteiger partial charge on any atom is -0.368 e. The molecule has 1 fully saturated rings. The van der Waals surface area contributed by atoms with Crippen LogP contribution in [-0.4, -0.2) is 44.1 Å². The third kappa shape index (κ3) is 3.29. The number of benzene rings is 1. The number of hydrogen-bond acceptors (Lipinski definition) is 5. The number of halogens is 1. The number of nitrogens with one attached hydrogen (secondary N) is 1. The minimum atomic E-state index is -0.215. The molecule has 2 heterocycles. The summed E-state index contributed by atoms with van der Waals surface area (Å²) in [5.41, 5.74) is 1.80. The van der Waals surface area contributed by atoms with Crippen molar-refractivity contribution in [3.63, 3.8) is 0 Å². The van der Waals surface area contributed by atoms with E-state index in [1.54, 1.807) is 7.05 Å². The summed E-state index contributed by atoms with van der Waals surface area (Å²) in [6, 6.07) is 6.59. The van der Waals surface area contributed by atoms with Crippen molar-refractivity contribution in [3.8, 4) is 0 Å². The van der Waals surface area contributed by atoms with Crippen LogP contribution in [0.1, 0.15) is 15.4 Å². The number of hydrogen-bond donors (Lipinski definition) is 1. The molecule has 1 aromatic heterocycles. The van der Waals surface area contributed by atoms with Crippen LogP contribution in [0.4, 0.5) is 15.2 Å². The van der Waals surface area contributed by atoms with Crippen LogP contribution < -0.4 is 15.1 Å². The molecule has 1 aliphatic heterocycles. The van der Waals surface area contributed by atoms with Gasteiger partial charge >= 0.3 is 0 Å². The Kier molecular flexibility index (Phi) is 4.47. The van der Waals surface area contributed by atoms with Gasteiger partial charge in [0.25, 0.3) is 5.91 Å². The van der Waals surface area contributed by atoms with Gasteiger partial charge < -0.3 is 15.1 Å². The van der Waals surface area contributed by atoms with E-state index in [0.29, 0.717) is 4.88 Å². The number of aryl methyl sites for hydroxylation is 1. The van der Waals surface area contributed by atoms with Crippen LogP contribution >= 0.6 is 11.3 Å². The molecule has 5 nitrogen and oxygen atoms in total. The van der Waals surface area contributed by atoms with Crippen LogP contribution in [0.15, 0.2) is 24.3 Å². The normalized spacial score (nSPS) is 14.9. The molecule has 1 aromatic carbocycles. The lowest BCUT2D eigenvalue weighted by Crippen LogP contribution is -2.46. The van der Waals surface area contributed by atoms with E-state index < -0.39 is 0 Å². The number of amides is 1. The molecule has 0 atom stereocenters. The first-order valence-corrected chi connectivity index (χ1v) is 8.35. The summed E-state index contributed by atoms with van der Waals surface area (Å²) in [5, 5.41) is 3.53. The number of anilines is 2. The van der Waals surface area contributed by atoms with E-state index in [1.807, 2.05) is 19.1 Å². The van der Waals surface area contributed by atoms with E-state index in [9.17, 15) is 9.18 Å². The van der Waals surface area contributed by atoms with Gasteiger partial charge in [-0.1, -0.05) is 11.3 Å². The molecule has 1 saturated heterocycles. The number of nitrogens with zero attached hydrogens (tertiary/aromatic N) is 3. The highest BCUT2D eigenvalue weighted by atomic mass is 32.1. The average Bonchev–Trinajstić information content (AvgIpc) is 2.97. The van der Waals surface area contributed by atoms with Gasteiger partial charge in [0.2, 0.25) is 0 Å².